The summed E-state index contributed by atoms with van der Waals surface area (Å²) in [5, 5.41) is 6.29. The van der Waals surface area contributed by atoms with Gasteiger partial charge in [-0.2, -0.15) is 0 Å². The van der Waals surface area contributed by atoms with Crippen molar-refractivity contribution < 1.29 is 0 Å². The molecule has 1 N–H and O–H groups in total. The minimum atomic E-state index is 0. The summed E-state index contributed by atoms with van der Waals surface area (Å²) >= 11 is 5.54. The molecule has 0 aromatic heterocycles. The van der Waals surface area contributed by atoms with E-state index in [1.54, 1.807) is 0 Å². The van der Waals surface area contributed by atoms with Crippen LogP contribution in [0.25, 0.3) is 0 Å². The topological polar surface area (TPSA) is 23.9 Å². The SMILES string of the molecule is C=N.Cl.Cl.Clc1ccccc1. The van der Waals surface area contributed by atoms with Crippen molar-refractivity contribution in [3.05, 3.63) is 35.4 Å². The first-order valence-corrected chi connectivity index (χ1v) is 2.83. The fraction of sp³-hybridized carbons (Fsp3) is 0. The Morgan fingerprint density at radius 1 is 1.00 bits per heavy atom. The first-order chi connectivity index (χ1) is 4.39. The third-order valence-electron chi connectivity index (χ3n) is 0.733. The predicted molar refractivity (Wildman–Crippen MR) is 55.8 cm³/mol. The van der Waals surface area contributed by atoms with Gasteiger partial charge in [0.15, 0.2) is 0 Å². The molecule has 0 saturated carbocycles. The van der Waals surface area contributed by atoms with Crippen molar-refractivity contribution in [3.8, 4) is 0 Å². The van der Waals surface area contributed by atoms with E-state index in [9.17, 15) is 0 Å². The summed E-state index contributed by atoms with van der Waals surface area (Å²) < 4.78 is 0. The smallest absolute Gasteiger partial charge is 0.0405 e. The van der Waals surface area contributed by atoms with Gasteiger partial charge in [-0.05, 0) is 18.9 Å². The molecule has 0 spiro atoms. The molecule has 11 heavy (non-hydrogen) atoms. The minimum Gasteiger partial charge on any atom is -0.317 e. The van der Waals surface area contributed by atoms with Crippen LogP contribution in [0.5, 0.6) is 0 Å². The van der Waals surface area contributed by atoms with Gasteiger partial charge < -0.3 is 5.41 Å². The van der Waals surface area contributed by atoms with E-state index in [0.717, 1.165) is 5.02 Å². The van der Waals surface area contributed by atoms with Crippen LogP contribution in [0.3, 0.4) is 0 Å². The van der Waals surface area contributed by atoms with Crippen LogP contribution >= 0.6 is 36.4 Å². The van der Waals surface area contributed by atoms with Crippen LogP contribution in [0.4, 0.5) is 0 Å². The van der Waals surface area contributed by atoms with Gasteiger partial charge in [-0.15, -0.1) is 24.8 Å². The van der Waals surface area contributed by atoms with Crippen molar-refractivity contribution in [3.63, 3.8) is 0 Å². The molecule has 0 aliphatic heterocycles. The van der Waals surface area contributed by atoms with E-state index in [-0.39, 0.29) is 24.8 Å². The highest BCUT2D eigenvalue weighted by Crippen LogP contribution is 2.03. The molecule has 64 valence electrons. The first kappa shape index (κ1) is 17.0. The third-order valence-corrected chi connectivity index (χ3v) is 0.985. The molecule has 0 aliphatic carbocycles. The molecule has 0 bridgehead atoms. The van der Waals surface area contributed by atoms with Gasteiger partial charge in [0.25, 0.3) is 0 Å². The molecule has 0 unspecified atom stereocenters. The quantitative estimate of drug-likeness (QED) is 0.640. The number of hydrogen-bond acceptors (Lipinski definition) is 1. The molecule has 0 atom stereocenters. The zero-order valence-electron chi connectivity index (χ0n) is 5.79. The van der Waals surface area contributed by atoms with Crippen LogP contribution in [0, 0.1) is 5.41 Å². The van der Waals surface area contributed by atoms with Crippen molar-refractivity contribution in [2.45, 2.75) is 0 Å². The molecule has 0 fully saturated rings. The Labute approximate surface area is 84.1 Å². The lowest BCUT2D eigenvalue weighted by molar-refractivity contribution is 1.61. The van der Waals surface area contributed by atoms with Gasteiger partial charge in [0.1, 0.15) is 0 Å². The number of hydrogen-bond donors (Lipinski definition) is 1. The lowest BCUT2D eigenvalue weighted by Gasteiger charge is -1.80. The highest BCUT2D eigenvalue weighted by Gasteiger charge is 1.74. The van der Waals surface area contributed by atoms with Crippen LogP contribution in [0.2, 0.25) is 5.02 Å². The van der Waals surface area contributed by atoms with E-state index in [2.05, 4.69) is 6.72 Å². The Kier molecular flexibility index (Phi) is 19.2. The molecule has 1 nitrogen and oxygen atoms in total. The molecule has 4 heteroatoms. The third kappa shape index (κ3) is 9.76. The summed E-state index contributed by atoms with van der Waals surface area (Å²) in [6, 6.07) is 9.44. The van der Waals surface area contributed by atoms with Crippen LogP contribution in [-0.4, -0.2) is 6.72 Å². The summed E-state index contributed by atoms with van der Waals surface area (Å²) in [5.41, 5.74) is 0. The molecule has 1 aromatic rings. The molecule has 1 rings (SSSR count). The Morgan fingerprint density at radius 2 is 1.36 bits per heavy atom. The Hall–Kier alpha value is -0.240. The maximum absolute atomic E-state index is 5.54. The van der Waals surface area contributed by atoms with E-state index >= 15 is 0 Å². The second-order valence-corrected chi connectivity index (χ2v) is 1.73. The number of halogens is 3. The summed E-state index contributed by atoms with van der Waals surface area (Å²) in [7, 11) is 0. The van der Waals surface area contributed by atoms with Crippen molar-refractivity contribution in [1.82, 2.24) is 0 Å². The van der Waals surface area contributed by atoms with Gasteiger partial charge in [0, 0.05) is 5.02 Å². The summed E-state index contributed by atoms with van der Waals surface area (Å²) in [6.45, 7) is 2.50. The monoisotopic (exact) mass is 213 g/mol. The first-order valence-electron chi connectivity index (χ1n) is 2.45. The summed E-state index contributed by atoms with van der Waals surface area (Å²) in [6.07, 6.45) is 0. The second kappa shape index (κ2) is 12.4. The van der Waals surface area contributed by atoms with Crippen LogP contribution in [0.1, 0.15) is 0 Å². The zero-order chi connectivity index (χ0) is 7.11. The minimum absolute atomic E-state index is 0. The van der Waals surface area contributed by atoms with Gasteiger partial charge in [0.05, 0.1) is 0 Å². The summed E-state index contributed by atoms with van der Waals surface area (Å²) in [5.74, 6) is 0. The van der Waals surface area contributed by atoms with E-state index < -0.39 is 0 Å². The van der Waals surface area contributed by atoms with E-state index in [4.69, 9.17) is 17.0 Å². The molecular weight excluding hydrogens is 204 g/mol. The standard InChI is InChI=1S/C6H5Cl.CH3N.2ClH/c7-6-4-2-1-3-5-6;1-2;;/h1-5H;2H,1H2;2*1H. The molecule has 0 radical (unpaired) electrons. The molecule has 0 heterocycles. The number of benzene rings is 1. The van der Waals surface area contributed by atoms with Crippen LogP contribution < -0.4 is 0 Å². The zero-order valence-corrected chi connectivity index (χ0v) is 8.18. The maximum Gasteiger partial charge on any atom is 0.0405 e. The highest BCUT2D eigenvalue weighted by molar-refractivity contribution is 6.30. The van der Waals surface area contributed by atoms with Crippen molar-refractivity contribution in [1.29, 1.82) is 5.41 Å². The molecular formula is C7H10Cl3N. The molecule has 0 saturated heterocycles. The van der Waals surface area contributed by atoms with Gasteiger partial charge in [-0.3, -0.25) is 0 Å². The predicted octanol–water partition coefficient (Wildman–Crippen LogP) is 3.45. The summed E-state index contributed by atoms with van der Waals surface area (Å²) in [4.78, 5) is 0. The van der Waals surface area contributed by atoms with Crippen molar-refractivity contribution in [2.75, 3.05) is 0 Å². The average Bonchev–Trinajstić information content (AvgIpc) is 1.94. The van der Waals surface area contributed by atoms with Gasteiger partial charge in [-0.25, -0.2) is 0 Å². The number of rotatable bonds is 0. The lowest BCUT2D eigenvalue weighted by atomic mass is 10.4. The Bertz CT molecular complexity index is 155. The molecule has 0 amide bonds. The van der Waals surface area contributed by atoms with Gasteiger partial charge in [-0.1, -0.05) is 29.8 Å². The van der Waals surface area contributed by atoms with Crippen LogP contribution in [0.15, 0.2) is 30.3 Å². The van der Waals surface area contributed by atoms with E-state index in [1.807, 2.05) is 30.3 Å². The normalized spacial score (nSPS) is 5.91. The highest BCUT2D eigenvalue weighted by atomic mass is 35.5. The Morgan fingerprint density at radius 3 is 1.55 bits per heavy atom. The number of nitrogens with one attached hydrogen (secondary N) is 1. The van der Waals surface area contributed by atoms with Crippen molar-refractivity contribution in [2.24, 2.45) is 0 Å². The largest absolute Gasteiger partial charge is 0.317 e. The van der Waals surface area contributed by atoms with E-state index in [0.29, 0.717) is 0 Å². The second-order valence-electron chi connectivity index (χ2n) is 1.30. The maximum atomic E-state index is 5.54. The van der Waals surface area contributed by atoms with Gasteiger partial charge >= 0.3 is 0 Å². The van der Waals surface area contributed by atoms with Gasteiger partial charge in [0.2, 0.25) is 0 Å². The fourth-order valence-electron chi connectivity index (χ4n) is 0.415. The molecule has 1 aromatic carbocycles. The van der Waals surface area contributed by atoms with Crippen LogP contribution in [-0.2, 0) is 0 Å². The Balaban J connectivity index is -0.000000149. The lowest BCUT2D eigenvalue weighted by Crippen LogP contribution is -1.55. The fourth-order valence-corrected chi connectivity index (χ4v) is 0.560. The molecule has 0 aliphatic rings. The average molecular weight is 215 g/mol. The van der Waals surface area contributed by atoms with Crippen molar-refractivity contribution >= 4 is 43.1 Å². The van der Waals surface area contributed by atoms with E-state index in [1.165, 1.54) is 0 Å².